The predicted octanol–water partition coefficient (Wildman–Crippen LogP) is 1.66. The van der Waals surface area contributed by atoms with Crippen molar-refractivity contribution in [3.05, 3.63) is 0 Å². The summed E-state index contributed by atoms with van der Waals surface area (Å²) in [7, 11) is 0. The summed E-state index contributed by atoms with van der Waals surface area (Å²) in [4.78, 5) is 11.5. The van der Waals surface area contributed by atoms with Crippen molar-refractivity contribution in [2.75, 3.05) is 18.1 Å². The molecule has 2 N–H and O–H groups in total. The van der Waals surface area contributed by atoms with Crippen LogP contribution in [0.25, 0.3) is 0 Å². The minimum Gasteiger partial charge on any atom is -0.460 e. The van der Waals surface area contributed by atoms with Gasteiger partial charge in [0, 0.05) is 18.1 Å². The van der Waals surface area contributed by atoms with E-state index in [4.69, 9.17) is 10.5 Å². The molecule has 0 aliphatic carbocycles. The van der Waals surface area contributed by atoms with E-state index in [9.17, 15) is 4.79 Å². The van der Waals surface area contributed by atoms with E-state index in [1.54, 1.807) is 11.8 Å². The van der Waals surface area contributed by atoms with E-state index in [-0.39, 0.29) is 17.5 Å². The van der Waals surface area contributed by atoms with E-state index in [1.165, 1.54) is 0 Å². The first kappa shape index (κ1) is 13.8. The minimum absolute atomic E-state index is 0.0502. The molecule has 0 aliphatic heterocycles. The van der Waals surface area contributed by atoms with Gasteiger partial charge in [0.15, 0.2) is 0 Å². The molecule has 0 fully saturated rings. The molecule has 0 heterocycles. The lowest BCUT2D eigenvalue weighted by Gasteiger charge is -2.22. The summed E-state index contributed by atoms with van der Waals surface area (Å²) in [6, 6.07) is 0. The summed E-state index contributed by atoms with van der Waals surface area (Å²) in [6.07, 6.45) is 0. The summed E-state index contributed by atoms with van der Waals surface area (Å²) >= 11 is 1.69. The van der Waals surface area contributed by atoms with Crippen molar-refractivity contribution in [2.24, 2.45) is 11.7 Å². The molecule has 4 heteroatoms. The molecule has 0 radical (unpaired) electrons. The molecule has 14 heavy (non-hydrogen) atoms. The van der Waals surface area contributed by atoms with Gasteiger partial charge in [0.2, 0.25) is 0 Å². The van der Waals surface area contributed by atoms with Crippen LogP contribution in [0.1, 0.15) is 27.7 Å². The molecule has 0 aromatic carbocycles. The highest BCUT2D eigenvalue weighted by molar-refractivity contribution is 7.99. The lowest BCUT2D eigenvalue weighted by Crippen LogP contribution is -2.28. The van der Waals surface area contributed by atoms with Gasteiger partial charge < -0.3 is 10.5 Å². The number of ether oxygens (including phenoxy) is 1. The van der Waals surface area contributed by atoms with Crippen molar-refractivity contribution in [3.63, 3.8) is 0 Å². The van der Waals surface area contributed by atoms with Gasteiger partial charge in [-0.2, -0.15) is 11.8 Å². The van der Waals surface area contributed by atoms with Crippen molar-refractivity contribution < 1.29 is 9.53 Å². The largest absolute Gasteiger partial charge is 0.460 e. The van der Waals surface area contributed by atoms with Crippen LogP contribution in [0.2, 0.25) is 0 Å². The van der Waals surface area contributed by atoms with Gasteiger partial charge in [-0.25, -0.2) is 0 Å². The molecular formula is C10H21NO2S. The Morgan fingerprint density at radius 2 is 2.07 bits per heavy atom. The molecular weight excluding hydrogens is 198 g/mol. The fourth-order valence-corrected chi connectivity index (χ4v) is 1.64. The number of rotatable bonds is 5. The fourth-order valence-electron chi connectivity index (χ4n) is 0.814. The van der Waals surface area contributed by atoms with Crippen LogP contribution >= 0.6 is 11.8 Å². The summed E-state index contributed by atoms with van der Waals surface area (Å²) in [6.45, 7) is 8.18. The van der Waals surface area contributed by atoms with Crippen molar-refractivity contribution in [1.82, 2.24) is 0 Å². The number of hydrogen-bond donors (Lipinski definition) is 1. The molecule has 3 nitrogen and oxygen atoms in total. The van der Waals surface area contributed by atoms with Crippen LogP contribution in [0.4, 0.5) is 0 Å². The number of carbonyl (C=O) groups is 1. The van der Waals surface area contributed by atoms with Gasteiger partial charge in [-0.1, -0.05) is 6.92 Å². The Bertz CT molecular complexity index is 177. The lowest BCUT2D eigenvalue weighted by atomic mass is 10.1. The summed E-state index contributed by atoms with van der Waals surface area (Å²) in [5.74, 6) is 1.51. The topological polar surface area (TPSA) is 52.3 Å². The number of thioether (sulfide) groups is 1. The van der Waals surface area contributed by atoms with E-state index in [0.717, 1.165) is 11.5 Å². The molecule has 0 rings (SSSR count). The van der Waals surface area contributed by atoms with Crippen molar-refractivity contribution >= 4 is 17.7 Å². The van der Waals surface area contributed by atoms with Crippen LogP contribution in [0.5, 0.6) is 0 Å². The van der Waals surface area contributed by atoms with Gasteiger partial charge in [0.25, 0.3) is 0 Å². The van der Waals surface area contributed by atoms with Gasteiger partial charge in [0.05, 0.1) is 5.92 Å². The summed E-state index contributed by atoms with van der Waals surface area (Å²) in [5.41, 5.74) is 4.97. The molecule has 0 bridgehead atoms. The molecule has 0 aliphatic rings. The quantitative estimate of drug-likeness (QED) is 0.564. The monoisotopic (exact) mass is 219 g/mol. The first-order chi connectivity index (χ1) is 6.37. The maximum Gasteiger partial charge on any atom is 0.310 e. The van der Waals surface area contributed by atoms with Gasteiger partial charge >= 0.3 is 5.97 Å². The van der Waals surface area contributed by atoms with Crippen molar-refractivity contribution in [1.29, 1.82) is 0 Å². The molecule has 0 aromatic heterocycles. The fraction of sp³-hybridized carbons (Fsp3) is 0.900. The van der Waals surface area contributed by atoms with E-state index in [2.05, 4.69) is 0 Å². The van der Waals surface area contributed by atoms with Crippen LogP contribution in [-0.2, 0) is 9.53 Å². The summed E-state index contributed by atoms with van der Waals surface area (Å²) < 4.78 is 5.25. The molecule has 1 unspecified atom stereocenters. The van der Waals surface area contributed by atoms with Crippen molar-refractivity contribution in [3.8, 4) is 0 Å². The van der Waals surface area contributed by atoms with E-state index in [1.807, 2.05) is 27.7 Å². The molecule has 0 spiro atoms. The SMILES string of the molecule is CC(CSCCN)C(=O)OC(C)(C)C. The Balaban J connectivity index is 3.77. The third-order valence-electron chi connectivity index (χ3n) is 1.44. The maximum absolute atomic E-state index is 11.5. The summed E-state index contributed by atoms with van der Waals surface area (Å²) in [5, 5.41) is 0. The maximum atomic E-state index is 11.5. The van der Waals surface area contributed by atoms with Crippen molar-refractivity contribution in [2.45, 2.75) is 33.3 Å². The highest BCUT2D eigenvalue weighted by Gasteiger charge is 2.21. The highest BCUT2D eigenvalue weighted by atomic mass is 32.2. The van der Waals surface area contributed by atoms with Gasteiger partial charge in [-0.15, -0.1) is 0 Å². The molecule has 0 saturated carbocycles. The zero-order valence-electron chi connectivity index (χ0n) is 9.50. The first-order valence-corrected chi connectivity index (χ1v) is 6.03. The lowest BCUT2D eigenvalue weighted by molar-refractivity contribution is -0.158. The standard InChI is InChI=1S/C10H21NO2S/c1-8(7-14-6-5-11)9(12)13-10(2,3)4/h8H,5-7,11H2,1-4H3. The van der Waals surface area contributed by atoms with Crippen LogP contribution in [-0.4, -0.2) is 29.6 Å². The Kier molecular flexibility index (Phi) is 6.20. The number of esters is 1. The Morgan fingerprint density at radius 3 is 2.50 bits per heavy atom. The van der Waals surface area contributed by atoms with Crippen LogP contribution in [0, 0.1) is 5.92 Å². The predicted molar refractivity (Wildman–Crippen MR) is 61.4 cm³/mol. The van der Waals surface area contributed by atoms with Crippen LogP contribution in [0.15, 0.2) is 0 Å². The third-order valence-corrected chi connectivity index (χ3v) is 2.70. The number of carbonyl (C=O) groups excluding carboxylic acids is 1. The molecule has 0 amide bonds. The second-order valence-corrected chi connectivity index (χ2v) is 5.45. The molecule has 84 valence electrons. The Hall–Kier alpha value is -0.220. The van der Waals surface area contributed by atoms with Gasteiger partial charge in [-0.3, -0.25) is 4.79 Å². The van der Waals surface area contributed by atoms with E-state index in [0.29, 0.717) is 6.54 Å². The highest BCUT2D eigenvalue weighted by Crippen LogP contribution is 2.14. The average molecular weight is 219 g/mol. The van der Waals surface area contributed by atoms with Crippen LogP contribution < -0.4 is 5.73 Å². The van der Waals surface area contributed by atoms with E-state index < -0.39 is 0 Å². The third kappa shape index (κ3) is 7.21. The van der Waals surface area contributed by atoms with E-state index >= 15 is 0 Å². The molecule has 0 saturated heterocycles. The second kappa shape index (κ2) is 6.30. The second-order valence-electron chi connectivity index (χ2n) is 4.30. The minimum atomic E-state index is -0.385. The van der Waals surface area contributed by atoms with Crippen LogP contribution in [0.3, 0.4) is 0 Å². The van der Waals surface area contributed by atoms with Gasteiger partial charge in [0.1, 0.15) is 5.60 Å². The normalized spacial score (nSPS) is 13.8. The number of nitrogens with two attached hydrogens (primary N) is 1. The number of hydrogen-bond acceptors (Lipinski definition) is 4. The zero-order chi connectivity index (χ0) is 11.2. The zero-order valence-corrected chi connectivity index (χ0v) is 10.3. The Labute approximate surface area is 90.8 Å². The first-order valence-electron chi connectivity index (χ1n) is 4.87. The Morgan fingerprint density at radius 1 is 1.50 bits per heavy atom. The average Bonchev–Trinajstić information content (AvgIpc) is 2.01. The smallest absolute Gasteiger partial charge is 0.310 e. The molecule has 1 atom stereocenters. The molecule has 0 aromatic rings. The van der Waals surface area contributed by atoms with Gasteiger partial charge in [-0.05, 0) is 20.8 Å².